The van der Waals surface area contributed by atoms with Crippen LogP contribution in [-0.2, 0) is 21.5 Å². The number of halogens is 4. The first-order valence-electron chi connectivity index (χ1n) is 5.52. The van der Waals surface area contributed by atoms with E-state index in [-0.39, 0.29) is 0 Å². The molecule has 118 valence electrons. The maximum absolute atomic E-state index is 10.7. The molecule has 1 aliphatic rings. The number of rotatable bonds is 1. The van der Waals surface area contributed by atoms with Crippen molar-refractivity contribution in [2.75, 3.05) is 11.5 Å². The summed E-state index contributed by atoms with van der Waals surface area (Å²) >= 11 is 7.42. The molecule has 10 heteroatoms. The fraction of sp³-hybridized carbons (Fsp3) is 0.364. The monoisotopic (exact) mass is 422 g/mol. The smallest absolute Gasteiger partial charge is 0.485 e. The van der Waals surface area contributed by atoms with Gasteiger partial charge in [0.05, 0.1) is 0 Å². The summed E-state index contributed by atoms with van der Waals surface area (Å²) < 4.78 is 61.5. The van der Waals surface area contributed by atoms with Crippen LogP contribution in [0.1, 0.15) is 12.0 Å². The molecule has 3 nitrogen and oxygen atoms in total. The Bertz CT molecular complexity index is 597. The second-order valence-electron chi connectivity index (χ2n) is 3.74. The normalized spacial score (nSPS) is 15.8. The molecule has 1 aliphatic heterocycles. The predicted octanol–water partition coefficient (Wildman–Crippen LogP) is 3.20. The largest absolute Gasteiger partial charge is 0.741 e. The Morgan fingerprint density at radius 1 is 1.24 bits per heavy atom. The molecule has 0 saturated heterocycles. The number of hydrogen-bond donors (Lipinski definition) is 0. The van der Waals surface area contributed by atoms with Gasteiger partial charge in [0.1, 0.15) is 0 Å². The minimum Gasteiger partial charge on any atom is -0.741 e. The van der Waals surface area contributed by atoms with E-state index in [1.807, 2.05) is 23.1 Å². The SMILES string of the molecule is Brc1ccc(C2=[S+]CCCS2)cc1.O=S(=O)([O-])C(F)(F)F. The molecule has 0 saturated carbocycles. The number of thioether (sulfide) groups is 1. The predicted molar refractivity (Wildman–Crippen MR) is 83.3 cm³/mol. The summed E-state index contributed by atoms with van der Waals surface area (Å²) in [4.78, 5) is 0. The van der Waals surface area contributed by atoms with Gasteiger partial charge in [0.25, 0.3) is 4.20 Å². The highest BCUT2D eigenvalue weighted by atomic mass is 79.9. The second-order valence-corrected chi connectivity index (χ2v) is 8.50. The second kappa shape index (κ2) is 7.91. The number of hydrogen-bond acceptors (Lipinski definition) is 4. The molecule has 21 heavy (non-hydrogen) atoms. The lowest BCUT2D eigenvalue weighted by molar-refractivity contribution is -0.0517. The van der Waals surface area contributed by atoms with Gasteiger partial charge in [-0.3, -0.25) is 0 Å². The topological polar surface area (TPSA) is 57.2 Å². The van der Waals surface area contributed by atoms with Gasteiger partial charge in [0, 0.05) is 22.2 Å². The molecular formula is C11H10BrF3O3S3. The van der Waals surface area contributed by atoms with E-state index in [4.69, 9.17) is 13.0 Å². The average molecular weight is 423 g/mol. The Balaban J connectivity index is 0.000000240. The molecule has 1 aromatic rings. The van der Waals surface area contributed by atoms with Crippen LogP contribution in [0.3, 0.4) is 0 Å². The highest BCUT2D eigenvalue weighted by Crippen LogP contribution is 2.20. The van der Waals surface area contributed by atoms with E-state index in [2.05, 4.69) is 40.2 Å². The fourth-order valence-corrected chi connectivity index (χ4v) is 4.02. The van der Waals surface area contributed by atoms with Crippen molar-refractivity contribution < 1.29 is 26.1 Å². The molecule has 0 spiro atoms. The zero-order valence-electron chi connectivity index (χ0n) is 10.4. The Morgan fingerprint density at radius 2 is 1.76 bits per heavy atom. The van der Waals surface area contributed by atoms with Crippen molar-refractivity contribution >= 4 is 53.4 Å². The molecule has 1 aromatic carbocycles. The summed E-state index contributed by atoms with van der Waals surface area (Å²) in [6.45, 7) is 0. The Morgan fingerprint density at radius 3 is 2.14 bits per heavy atom. The zero-order chi connectivity index (χ0) is 16.1. The van der Waals surface area contributed by atoms with E-state index in [1.54, 1.807) is 0 Å². The van der Waals surface area contributed by atoms with Crippen molar-refractivity contribution in [3.8, 4) is 0 Å². The minimum absolute atomic E-state index is 1.16. The van der Waals surface area contributed by atoms with Crippen molar-refractivity contribution in [2.45, 2.75) is 11.9 Å². The lowest BCUT2D eigenvalue weighted by Crippen LogP contribution is -2.21. The van der Waals surface area contributed by atoms with E-state index in [9.17, 15) is 13.2 Å². The van der Waals surface area contributed by atoms with E-state index >= 15 is 0 Å². The first-order valence-corrected chi connectivity index (χ1v) is 9.69. The molecule has 0 fully saturated rings. The Hall–Kier alpha value is -0.160. The lowest BCUT2D eigenvalue weighted by Gasteiger charge is -2.08. The number of benzene rings is 1. The van der Waals surface area contributed by atoms with Crippen LogP contribution in [0.2, 0.25) is 0 Å². The van der Waals surface area contributed by atoms with Gasteiger partial charge in [0.15, 0.2) is 27.2 Å². The van der Waals surface area contributed by atoms with Crippen molar-refractivity contribution in [2.24, 2.45) is 0 Å². The summed E-state index contributed by atoms with van der Waals surface area (Å²) in [5.41, 5.74) is -4.27. The van der Waals surface area contributed by atoms with Gasteiger partial charge in [-0.05, 0) is 24.3 Å². The van der Waals surface area contributed by atoms with Gasteiger partial charge < -0.3 is 4.55 Å². The van der Waals surface area contributed by atoms with Gasteiger partial charge in [-0.1, -0.05) is 27.7 Å². The van der Waals surface area contributed by atoms with Gasteiger partial charge in [-0.2, -0.15) is 13.2 Å². The van der Waals surface area contributed by atoms with E-state index in [1.165, 1.54) is 27.7 Å². The van der Waals surface area contributed by atoms with Crippen LogP contribution in [0.15, 0.2) is 28.7 Å². The Labute approximate surface area is 137 Å². The van der Waals surface area contributed by atoms with Crippen LogP contribution in [-0.4, -0.2) is 34.2 Å². The molecule has 0 bridgehead atoms. The molecule has 1 heterocycles. The summed E-state index contributed by atoms with van der Waals surface area (Å²) in [6, 6.07) is 8.59. The van der Waals surface area contributed by atoms with Crippen LogP contribution in [0.4, 0.5) is 13.2 Å². The van der Waals surface area contributed by atoms with Crippen molar-refractivity contribution in [1.82, 2.24) is 0 Å². The third-order valence-electron chi connectivity index (χ3n) is 2.12. The summed E-state index contributed by atoms with van der Waals surface area (Å²) in [5, 5.41) is 0. The first-order chi connectivity index (χ1) is 9.61. The molecule has 0 atom stereocenters. The first kappa shape index (κ1) is 18.9. The molecule has 0 N–H and O–H groups in total. The number of alkyl halides is 3. The van der Waals surface area contributed by atoms with Gasteiger partial charge in [-0.15, -0.1) is 0 Å². The fourth-order valence-electron chi connectivity index (χ4n) is 1.18. The summed E-state index contributed by atoms with van der Waals surface area (Å²) in [5.74, 6) is 2.55. The van der Waals surface area contributed by atoms with Gasteiger partial charge in [-0.25, -0.2) is 8.42 Å². The van der Waals surface area contributed by atoms with Crippen molar-refractivity contribution in [3.05, 3.63) is 34.3 Å². The average Bonchev–Trinajstić information content (AvgIpc) is 2.39. The molecule has 0 aromatic heterocycles. The highest BCUT2D eigenvalue weighted by Gasteiger charge is 2.36. The molecule has 0 aliphatic carbocycles. The molecule has 0 amide bonds. The van der Waals surface area contributed by atoms with Crippen LogP contribution in [0.5, 0.6) is 0 Å². The van der Waals surface area contributed by atoms with Gasteiger partial charge >= 0.3 is 5.51 Å². The highest BCUT2D eigenvalue weighted by molar-refractivity contribution is 9.10. The maximum atomic E-state index is 10.7. The molecule has 0 unspecified atom stereocenters. The van der Waals surface area contributed by atoms with Crippen LogP contribution < -0.4 is 0 Å². The quantitative estimate of drug-likeness (QED) is 0.301. The third kappa shape index (κ3) is 6.64. The van der Waals surface area contributed by atoms with Crippen LogP contribution >= 0.6 is 27.7 Å². The molecule has 0 radical (unpaired) electrons. The van der Waals surface area contributed by atoms with Crippen LogP contribution in [0, 0.1) is 0 Å². The molecular weight excluding hydrogens is 413 g/mol. The summed E-state index contributed by atoms with van der Waals surface area (Å²) in [7, 11) is -6.09. The zero-order valence-corrected chi connectivity index (χ0v) is 14.4. The van der Waals surface area contributed by atoms with Crippen molar-refractivity contribution in [1.29, 1.82) is 0 Å². The van der Waals surface area contributed by atoms with E-state index < -0.39 is 15.6 Å². The van der Waals surface area contributed by atoms with E-state index in [0.717, 1.165) is 4.47 Å². The standard InChI is InChI=1S/C10H10BrS2.CHF3O3S/c11-9-4-2-8(3-5-9)10-12-6-1-7-13-10;2-1(3,4)8(5,6)7/h2-5H,1,6-7H2;(H,5,6,7)/q+1;/p-1. The lowest BCUT2D eigenvalue weighted by atomic mass is 10.2. The maximum Gasteiger partial charge on any atom is 0.485 e. The minimum atomic E-state index is -6.09. The Kier molecular flexibility index (Phi) is 7.11. The van der Waals surface area contributed by atoms with Crippen molar-refractivity contribution in [3.63, 3.8) is 0 Å². The van der Waals surface area contributed by atoms with Crippen LogP contribution in [0.25, 0.3) is 0 Å². The van der Waals surface area contributed by atoms with E-state index in [0.29, 0.717) is 0 Å². The van der Waals surface area contributed by atoms with Gasteiger partial charge in [0.2, 0.25) is 0 Å². The third-order valence-corrected chi connectivity index (χ3v) is 5.90. The summed E-state index contributed by atoms with van der Waals surface area (Å²) in [6.07, 6.45) is 1.34. The molecule has 2 rings (SSSR count).